The third-order valence-corrected chi connectivity index (χ3v) is 7.36. The molecule has 2 unspecified atom stereocenters. The van der Waals surface area contributed by atoms with E-state index in [0.717, 1.165) is 59.9 Å². The summed E-state index contributed by atoms with van der Waals surface area (Å²) < 4.78 is 1.76. The summed E-state index contributed by atoms with van der Waals surface area (Å²) in [6.07, 6.45) is 9.67. The van der Waals surface area contributed by atoms with E-state index in [2.05, 4.69) is 62.5 Å². The number of fused-ring (bicyclic) bond motifs is 3. The number of nitrogens with zero attached hydrogens (tertiary/aromatic N) is 7. The van der Waals surface area contributed by atoms with Gasteiger partial charge in [0.25, 0.3) is 0 Å². The largest absolute Gasteiger partial charge is 0.387 e. The molecule has 7 heterocycles. The Hall–Kier alpha value is -3.96. The van der Waals surface area contributed by atoms with E-state index in [4.69, 9.17) is 4.98 Å². The maximum Gasteiger partial charge on any atom is 0.128 e. The average Bonchev–Trinajstić information content (AvgIpc) is 3.34. The van der Waals surface area contributed by atoms with Crippen molar-refractivity contribution < 1.29 is 0 Å². The number of piperidine rings is 1. The first-order valence-electron chi connectivity index (χ1n) is 12.2. The molecule has 0 aliphatic carbocycles. The molecule has 3 aliphatic rings. The topological polar surface area (TPSA) is 85.4 Å². The highest BCUT2D eigenvalue weighted by Gasteiger charge is 2.44. The number of piperazine rings is 1. The Labute approximate surface area is 204 Å². The summed E-state index contributed by atoms with van der Waals surface area (Å²) in [6.45, 7) is 5.09. The third kappa shape index (κ3) is 3.78. The minimum Gasteiger partial charge on any atom is -0.387 e. The number of nitriles is 1. The highest BCUT2D eigenvalue weighted by Crippen LogP contribution is 2.36. The molecule has 4 aromatic rings. The second-order valence-corrected chi connectivity index (χ2v) is 9.39. The number of nitrogens with one attached hydrogen (secondary N) is 1. The van der Waals surface area contributed by atoms with Gasteiger partial charge in [0.15, 0.2) is 0 Å². The summed E-state index contributed by atoms with van der Waals surface area (Å²) in [7, 11) is 1.88. The highest BCUT2D eigenvalue weighted by atomic mass is 15.4. The van der Waals surface area contributed by atoms with Crippen molar-refractivity contribution in [3.63, 3.8) is 0 Å². The van der Waals surface area contributed by atoms with Gasteiger partial charge in [0, 0.05) is 68.0 Å². The molecule has 3 fully saturated rings. The summed E-state index contributed by atoms with van der Waals surface area (Å²) in [5, 5.41) is 17.1. The molecule has 7 rings (SSSR count). The molecule has 2 atom stereocenters. The molecule has 3 saturated heterocycles. The van der Waals surface area contributed by atoms with E-state index in [1.54, 1.807) is 10.7 Å². The Morgan fingerprint density at radius 3 is 2.60 bits per heavy atom. The van der Waals surface area contributed by atoms with Gasteiger partial charge < -0.3 is 10.2 Å². The molecule has 0 aromatic carbocycles. The van der Waals surface area contributed by atoms with Gasteiger partial charge in [0.1, 0.15) is 11.9 Å². The lowest BCUT2D eigenvalue weighted by Crippen LogP contribution is -2.68. The van der Waals surface area contributed by atoms with Crippen LogP contribution in [0.4, 0.5) is 11.5 Å². The molecule has 4 aromatic heterocycles. The number of hydrogen-bond donors (Lipinski definition) is 1. The van der Waals surface area contributed by atoms with Gasteiger partial charge in [0.05, 0.1) is 29.2 Å². The fraction of sp³-hybridized carbons (Fsp3) is 0.333. The molecule has 3 aliphatic heterocycles. The molecule has 35 heavy (non-hydrogen) atoms. The lowest BCUT2D eigenvalue weighted by Gasteiger charge is -2.56. The number of rotatable bonds is 6. The molecule has 8 nitrogen and oxygen atoms in total. The van der Waals surface area contributed by atoms with Crippen LogP contribution in [-0.4, -0.2) is 56.7 Å². The van der Waals surface area contributed by atoms with Crippen molar-refractivity contribution in [3.05, 3.63) is 71.9 Å². The van der Waals surface area contributed by atoms with Gasteiger partial charge in [-0.1, -0.05) is 13.0 Å². The minimum atomic E-state index is 0.554. The second-order valence-electron chi connectivity index (χ2n) is 9.39. The normalized spacial score (nSPS) is 19.4. The fourth-order valence-electron chi connectivity index (χ4n) is 5.39. The molecule has 2 bridgehead atoms. The quantitative estimate of drug-likeness (QED) is 0.465. The lowest BCUT2D eigenvalue weighted by molar-refractivity contribution is -0.00875. The Balaban J connectivity index is 1.19. The van der Waals surface area contributed by atoms with E-state index in [-0.39, 0.29) is 0 Å². The van der Waals surface area contributed by atoms with Crippen LogP contribution in [0.2, 0.25) is 0 Å². The van der Waals surface area contributed by atoms with Gasteiger partial charge in [-0.05, 0) is 42.7 Å². The average molecular weight is 465 g/mol. The van der Waals surface area contributed by atoms with Crippen molar-refractivity contribution in [3.8, 4) is 17.2 Å². The van der Waals surface area contributed by atoms with Crippen LogP contribution in [0, 0.1) is 11.3 Å². The van der Waals surface area contributed by atoms with Crippen molar-refractivity contribution >= 4 is 17.0 Å². The molecular weight excluding hydrogens is 436 g/mol. The molecule has 8 heteroatoms. The zero-order valence-corrected chi connectivity index (χ0v) is 20.0. The molecule has 0 radical (unpaired) electrons. The molecule has 1 N–H and O–H groups in total. The van der Waals surface area contributed by atoms with Crippen LogP contribution < -0.4 is 10.2 Å². The third-order valence-electron chi connectivity index (χ3n) is 7.36. The van der Waals surface area contributed by atoms with Crippen molar-refractivity contribution in [2.24, 2.45) is 0 Å². The van der Waals surface area contributed by atoms with Crippen LogP contribution in [0.5, 0.6) is 0 Å². The first-order valence-corrected chi connectivity index (χ1v) is 12.2. The number of pyridine rings is 3. The van der Waals surface area contributed by atoms with E-state index in [0.29, 0.717) is 17.6 Å². The number of aromatic nitrogens is 4. The zero-order valence-electron chi connectivity index (χ0n) is 20.0. The van der Waals surface area contributed by atoms with Gasteiger partial charge in [-0.3, -0.25) is 9.88 Å². The van der Waals surface area contributed by atoms with Crippen molar-refractivity contribution in [1.29, 1.82) is 5.26 Å². The Morgan fingerprint density at radius 1 is 1.09 bits per heavy atom. The highest BCUT2D eigenvalue weighted by molar-refractivity contribution is 5.86. The monoisotopic (exact) mass is 464 g/mol. The first-order chi connectivity index (χ1) is 17.2. The second kappa shape index (κ2) is 8.67. The predicted molar refractivity (Wildman–Crippen MR) is 136 cm³/mol. The number of aryl methyl sites for hydroxylation is 1. The molecule has 0 spiro atoms. The van der Waals surface area contributed by atoms with Gasteiger partial charge >= 0.3 is 0 Å². The number of anilines is 2. The molecular formula is C27H28N8. The van der Waals surface area contributed by atoms with E-state index >= 15 is 0 Å². The molecule has 0 amide bonds. The minimum absolute atomic E-state index is 0.554. The van der Waals surface area contributed by atoms with E-state index in [9.17, 15) is 5.26 Å². The van der Waals surface area contributed by atoms with Gasteiger partial charge in [0.2, 0.25) is 0 Å². The van der Waals surface area contributed by atoms with Crippen LogP contribution in [0.3, 0.4) is 0 Å². The Bertz CT molecular complexity index is 1390. The summed E-state index contributed by atoms with van der Waals surface area (Å²) in [4.78, 5) is 14.4. The molecule has 176 valence electrons. The lowest BCUT2D eigenvalue weighted by atomic mass is 9.87. The maximum absolute atomic E-state index is 9.55. The van der Waals surface area contributed by atoms with Gasteiger partial charge in [-0.2, -0.15) is 10.4 Å². The standard InChI is InChI=1S/C27H28N8/c1-3-21-6-4-18(11-30-21)14-34-23-9-24(34)17-33(16-23)26-7-5-19(12-31-26)25-8-22(29-2)15-35-27(25)20(10-28)13-32-35/h4-8,11-13,15,23-24,29H,3,9,14,16-17H2,1-2H3. The SMILES string of the molecule is CCc1ccc(CN2C3CC2CN(c2ccc(-c4cc(NC)cn5ncc(C#N)c45)cn2)C3)cn1. The van der Waals surface area contributed by atoms with Crippen LogP contribution in [-0.2, 0) is 13.0 Å². The Morgan fingerprint density at radius 2 is 1.94 bits per heavy atom. The first kappa shape index (κ1) is 21.6. The van der Waals surface area contributed by atoms with Crippen LogP contribution >= 0.6 is 0 Å². The van der Waals surface area contributed by atoms with Crippen molar-refractivity contribution in [1.82, 2.24) is 24.5 Å². The Kier molecular flexibility index (Phi) is 5.34. The van der Waals surface area contributed by atoms with E-state index < -0.39 is 0 Å². The van der Waals surface area contributed by atoms with Crippen molar-refractivity contribution in [2.75, 3.05) is 30.4 Å². The summed E-state index contributed by atoms with van der Waals surface area (Å²) >= 11 is 0. The van der Waals surface area contributed by atoms with Gasteiger partial charge in [-0.15, -0.1) is 0 Å². The zero-order chi connectivity index (χ0) is 23.9. The predicted octanol–water partition coefficient (Wildman–Crippen LogP) is 3.73. The number of hydrogen-bond acceptors (Lipinski definition) is 7. The van der Waals surface area contributed by atoms with Crippen molar-refractivity contribution in [2.45, 2.75) is 38.4 Å². The smallest absolute Gasteiger partial charge is 0.128 e. The summed E-state index contributed by atoms with van der Waals surface area (Å²) in [5.74, 6) is 1.01. The summed E-state index contributed by atoms with van der Waals surface area (Å²) in [6, 6.07) is 14.0. The van der Waals surface area contributed by atoms with E-state index in [1.165, 1.54) is 12.0 Å². The van der Waals surface area contributed by atoms with Crippen LogP contribution in [0.25, 0.3) is 16.6 Å². The fourth-order valence-corrected chi connectivity index (χ4v) is 5.39. The van der Waals surface area contributed by atoms with Crippen LogP contribution in [0.15, 0.2) is 55.1 Å². The van der Waals surface area contributed by atoms with E-state index in [1.807, 2.05) is 31.7 Å². The summed E-state index contributed by atoms with van der Waals surface area (Å²) in [5.41, 5.74) is 6.65. The van der Waals surface area contributed by atoms with Crippen LogP contribution in [0.1, 0.15) is 30.2 Å². The maximum atomic E-state index is 9.55. The molecule has 0 saturated carbocycles. The van der Waals surface area contributed by atoms with Gasteiger partial charge in [-0.25, -0.2) is 9.50 Å².